The van der Waals surface area contributed by atoms with Crippen molar-refractivity contribution in [2.24, 2.45) is 5.73 Å². The zero-order valence-corrected chi connectivity index (χ0v) is 8.74. The first-order chi connectivity index (χ1) is 5.69. The van der Waals surface area contributed by atoms with Crippen LogP contribution in [-0.4, -0.2) is 4.98 Å². The van der Waals surface area contributed by atoms with E-state index < -0.39 is 0 Å². The summed E-state index contributed by atoms with van der Waals surface area (Å²) in [4.78, 5) is 5.86. The van der Waals surface area contributed by atoms with Crippen LogP contribution in [0.15, 0.2) is 0 Å². The van der Waals surface area contributed by atoms with Crippen LogP contribution in [0.25, 0.3) is 0 Å². The molecule has 12 heavy (non-hydrogen) atoms. The van der Waals surface area contributed by atoms with Gasteiger partial charge in [0, 0.05) is 11.4 Å². The number of hydrogen-bond donors (Lipinski definition) is 1. The lowest BCUT2D eigenvalue weighted by Gasteiger charge is -2.01. The van der Waals surface area contributed by atoms with Gasteiger partial charge in [0.05, 0.1) is 5.69 Å². The van der Waals surface area contributed by atoms with Crippen LogP contribution in [0.2, 0.25) is 0 Å². The maximum Gasteiger partial charge on any atom is 0.107 e. The highest BCUT2D eigenvalue weighted by molar-refractivity contribution is 7.11. The van der Waals surface area contributed by atoms with Crippen molar-refractivity contribution in [3.05, 3.63) is 15.6 Å². The molecular formula is C9H16N2S. The minimum atomic E-state index is 0.574. The van der Waals surface area contributed by atoms with Gasteiger partial charge in [-0.2, -0.15) is 0 Å². The number of nitrogens with two attached hydrogens (primary N) is 1. The van der Waals surface area contributed by atoms with Gasteiger partial charge in [0.1, 0.15) is 5.01 Å². The molecule has 0 spiro atoms. The van der Waals surface area contributed by atoms with Crippen LogP contribution < -0.4 is 5.73 Å². The summed E-state index contributed by atoms with van der Waals surface area (Å²) >= 11 is 1.76. The zero-order chi connectivity index (χ0) is 9.14. The lowest BCUT2D eigenvalue weighted by atomic mass is 10.1. The Morgan fingerprint density at radius 3 is 2.50 bits per heavy atom. The van der Waals surface area contributed by atoms with Crippen molar-refractivity contribution in [1.82, 2.24) is 4.98 Å². The molecule has 0 amide bonds. The van der Waals surface area contributed by atoms with Crippen molar-refractivity contribution in [2.45, 2.75) is 39.7 Å². The first-order valence-corrected chi connectivity index (χ1v) is 5.19. The fourth-order valence-corrected chi connectivity index (χ4v) is 2.24. The lowest BCUT2D eigenvalue weighted by Crippen LogP contribution is -1.95. The second-order valence-corrected chi connectivity index (χ2v) is 4.25. The minimum absolute atomic E-state index is 0.574. The molecule has 0 atom stereocenters. The fourth-order valence-electron chi connectivity index (χ4n) is 1.21. The van der Waals surface area contributed by atoms with Crippen molar-refractivity contribution in [3.63, 3.8) is 0 Å². The number of aromatic nitrogens is 1. The second kappa shape index (κ2) is 4.01. The van der Waals surface area contributed by atoms with Crippen LogP contribution in [0.1, 0.15) is 42.3 Å². The van der Waals surface area contributed by atoms with E-state index in [1.807, 2.05) is 0 Å². The Balaban J connectivity index is 3.00. The van der Waals surface area contributed by atoms with Crippen molar-refractivity contribution in [1.29, 1.82) is 0 Å². The first-order valence-electron chi connectivity index (χ1n) is 4.37. The number of aryl methyl sites for hydroxylation is 1. The normalized spacial score (nSPS) is 11.1. The van der Waals surface area contributed by atoms with E-state index in [4.69, 9.17) is 5.73 Å². The van der Waals surface area contributed by atoms with E-state index in [-0.39, 0.29) is 0 Å². The largest absolute Gasteiger partial charge is 0.325 e. The van der Waals surface area contributed by atoms with Crippen molar-refractivity contribution >= 4 is 11.3 Å². The molecule has 3 heteroatoms. The third kappa shape index (κ3) is 1.84. The van der Waals surface area contributed by atoms with Gasteiger partial charge in [-0.05, 0) is 12.3 Å². The Hall–Kier alpha value is -0.410. The first kappa shape index (κ1) is 9.68. The standard InChI is InChI=1S/C9H16N2S/c1-4-7-9(6(2)3)12-8(5-10)11-7/h6H,4-5,10H2,1-3H3. The molecule has 0 aliphatic heterocycles. The smallest absolute Gasteiger partial charge is 0.107 e. The van der Waals surface area contributed by atoms with E-state index >= 15 is 0 Å². The molecule has 0 saturated carbocycles. The summed E-state index contributed by atoms with van der Waals surface area (Å²) in [6.07, 6.45) is 1.02. The Bertz CT molecular complexity index is 253. The van der Waals surface area contributed by atoms with Crippen LogP contribution >= 0.6 is 11.3 Å². The molecule has 1 heterocycles. The Labute approximate surface area is 77.8 Å². The summed E-state index contributed by atoms with van der Waals surface area (Å²) in [6.45, 7) is 7.12. The van der Waals surface area contributed by atoms with Crippen molar-refractivity contribution in [3.8, 4) is 0 Å². The second-order valence-electron chi connectivity index (χ2n) is 3.13. The van der Waals surface area contributed by atoms with Gasteiger partial charge in [0.15, 0.2) is 0 Å². The van der Waals surface area contributed by atoms with E-state index in [1.165, 1.54) is 10.6 Å². The average Bonchev–Trinajstić information content (AvgIpc) is 2.47. The van der Waals surface area contributed by atoms with Crippen LogP contribution in [0.3, 0.4) is 0 Å². The molecule has 1 aromatic heterocycles. The number of rotatable bonds is 3. The lowest BCUT2D eigenvalue weighted by molar-refractivity contribution is 0.852. The minimum Gasteiger partial charge on any atom is -0.325 e. The topological polar surface area (TPSA) is 38.9 Å². The highest BCUT2D eigenvalue weighted by Crippen LogP contribution is 2.26. The predicted molar refractivity (Wildman–Crippen MR) is 53.5 cm³/mol. The van der Waals surface area contributed by atoms with E-state index in [1.54, 1.807) is 11.3 Å². The molecule has 0 saturated heterocycles. The maximum absolute atomic E-state index is 5.53. The van der Waals surface area contributed by atoms with E-state index in [9.17, 15) is 0 Å². The van der Waals surface area contributed by atoms with Gasteiger partial charge in [-0.3, -0.25) is 0 Å². The molecule has 0 fully saturated rings. The van der Waals surface area contributed by atoms with Gasteiger partial charge in [0.2, 0.25) is 0 Å². The van der Waals surface area contributed by atoms with Crippen LogP contribution in [-0.2, 0) is 13.0 Å². The number of nitrogens with zero attached hydrogens (tertiary/aromatic N) is 1. The maximum atomic E-state index is 5.53. The molecule has 0 aromatic carbocycles. The highest BCUT2D eigenvalue weighted by Gasteiger charge is 2.11. The summed E-state index contributed by atoms with van der Waals surface area (Å²) < 4.78 is 0. The summed E-state index contributed by atoms with van der Waals surface area (Å²) in [5.74, 6) is 0.581. The molecule has 2 N–H and O–H groups in total. The quantitative estimate of drug-likeness (QED) is 0.782. The van der Waals surface area contributed by atoms with E-state index in [2.05, 4.69) is 25.8 Å². The Morgan fingerprint density at radius 2 is 2.17 bits per heavy atom. The summed E-state index contributed by atoms with van der Waals surface area (Å²) in [7, 11) is 0. The summed E-state index contributed by atoms with van der Waals surface area (Å²) in [5, 5.41) is 1.07. The molecule has 1 rings (SSSR count). The molecule has 0 radical (unpaired) electrons. The average molecular weight is 184 g/mol. The third-order valence-corrected chi connectivity index (χ3v) is 3.23. The van der Waals surface area contributed by atoms with Crippen molar-refractivity contribution in [2.75, 3.05) is 0 Å². The van der Waals surface area contributed by atoms with Gasteiger partial charge in [-0.25, -0.2) is 4.98 Å². The van der Waals surface area contributed by atoms with Gasteiger partial charge >= 0.3 is 0 Å². The van der Waals surface area contributed by atoms with Gasteiger partial charge in [0.25, 0.3) is 0 Å². The molecule has 0 aliphatic rings. The Kier molecular flexibility index (Phi) is 3.23. The van der Waals surface area contributed by atoms with E-state index in [0.717, 1.165) is 11.4 Å². The third-order valence-electron chi connectivity index (χ3n) is 1.81. The van der Waals surface area contributed by atoms with Gasteiger partial charge in [-0.1, -0.05) is 20.8 Å². The van der Waals surface area contributed by atoms with Crippen molar-refractivity contribution < 1.29 is 0 Å². The summed E-state index contributed by atoms with van der Waals surface area (Å²) in [6, 6.07) is 0. The SMILES string of the molecule is CCc1nc(CN)sc1C(C)C. The van der Waals surface area contributed by atoms with Gasteiger partial charge in [-0.15, -0.1) is 11.3 Å². The molecular weight excluding hydrogens is 168 g/mol. The van der Waals surface area contributed by atoms with Gasteiger partial charge < -0.3 is 5.73 Å². The van der Waals surface area contributed by atoms with E-state index in [0.29, 0.717) is 12.5 Å². The fraction of sp³-hybridized carbons (Fsp3) is 0.667. The zero-order valence-electron chi connectivity index (χ0n) is 7.92. The monoisotopic (exact) mass is 184 g/mol. The summed E-state index contributed by atoms with van der Waals surface area (Å²) in [5.41, 5.74) is 6.77. The number of thiazole rings is 1. The highest BCUT2D eigenvalue weighted by atomic mass is 32.1. The molecule has 0 aliphatic carbocycles. The Morgan fingerprint density at radius 1 is 1.50 bits per heavy atom. The van der Waals surface area contributed by atoms with Crippen LogP contribution in [0.5, 0.6) is 0 Å². The molecule has 0 unspecified atom stereocenters. The van der Waals surface area contributed by atoms with Crippen LogP contribution in [0.4, 0.5) is 0 Å². The molecule has 0 bridgehead atoms. The molecule has 2 nitrogen and oxygen atoms in total. The predicted octanol–water partition coefficient (Wildman–Crippen LogP) is 2.29. The number of hydrogen-bond acceptors (Lipinski definition) is 3. The molecule has 1 aromatic rings. The molecule has 68 valence electrons. The van der Waals surface area contributed by atoms with Crippen LogP contribution in [0, 0.1) is 0 Å².